The molecule has 0 aliphatic heterocycles. The first-order chi connectivity index (χ1) is 12.5. The largest absolute Gasteiger partial charge is 0.478 e. The molecule has 1 aromatic rings. The molecule has 6 heteroatoms. The predicted octanol–water partition coefficient (Wildman–Crippen LogP) is 2.66. The van der Waals surface area contributed by atoms with Gasteiger partial charge in [-0.1, -0.05) is 50.8 Å². The maximum atomic E-state index is 12.7. The van der Waals surface area contributed by atoms with Gasteiger partial charge in [0.25, 0.3) is 0 Å². The molecule has 0 radical (unpaired) electrons. The third kappa shape index (κ3) is 5.07. The lowest BCUT2D eigenvalue weighted by atomic mass is 9.80. The van der Waals surface area contributed by atoms with Gasteiger partial charge in [0.05, 0.1) is 12.0 Å². The molecular formula is C20H28N2O4. The molecule has 0 spiro atoms. The van der Waals surface area contributed by atoms with E-state index in [1.807, 2.05) is 0 Å². The molecule has 1 aromatic carbocycles. The first kappa shape index (κ1) is 19.9. The summed E-state index contributed by atoms with van der Waals surface area (Å²) in [6.07, 6.45) is 5.94. The maximum Gasteiger partial charge on any atom is 0.335 e. The minimum atomic E-state index is -1.06. The summed E-state index contributed by atoms with van der Waals surface area (Å²) in [4.78, 5) is 36.7. The van der Waals surface area contributed by atoms with E-state index in [4.69, 9.17) is 0 Å². The van der Waals surface area contributed by atoms with E-state index in [1.54, 1.807) is 18.2 Å². The van der Waals surface area contributed by atoms with Gasteiger partial charge in [0, 0.05) is 6.54 Å². The number of unbranched alkanes of at least 4 members (excludes halogenated alkanes) is 1. The first-order valence-electron chi connectivity index (χ1n) is 9.39. The van der Waals surface area contributed by atoms with E-state index in [-0.39, 0.29) is 23.8 Å². The van der Waals surface area contributed by atoms with Crippen LogP contribution in [0, 0.1) is 0 Å². The summed E-state index contributed by atoms with van der Waals surface area (Å²) < 4.78 is 0. The SMILES string of the molecule is CCCCNC(=O)C1(NC(=O)Cc2ccccc2C(=O)O)CCCCC1. The van der Waals surface area contributed by atoms with Crippen molar-refractivity contribution in [2.45, 2.75) is 63.8 Å². The molecule has 2 rings (SSSR count). The highest BCUT2D eigenvalue weighted by Gasteiger charge is 2.40. The summed E-state index contributed by atoms with van der Waals surface area (Å²) in [5.41, 5.74) is -0.302. The summed E-state index contributed by atoms with van der Waals surface area (Å²) in [7, 11) is 0. The van der Waals surface area contributed by atoms with Gasteiger partial charge in [-0.2, -0.15) is 0 Å². The minimum absolute atomic E-state index is 0.0491. The Kier molecular flexibility index (Phi) is 7.18. The predicted molar refractivity (Wildman–Crippen MR) is 99.0 cm³/mol. The first-order valence-corrected chi connectivity index (χ1v) is 9.39. The normalized spacial score (nSPS) is 15.9. The summed E-state index contributed by atoms with van der Waals surface area (Å²) in [5.74, 6) is -1.49. The number of carboxylic acids is 1. The fraction of sp³-hybridized carbons (Fsp3) is 0.550. The van der Waals surface area contributed by atoms with Crippen LogP contribution in [0.1, 0.15) is 67.8 Å². The third-order valence-corrected chi connectivity index (χ3v) is 4.94. The molecule has 1 fully saturated rings. The second kappa shape index (κ2) is 9.36. The highest BCUT2D eigenvalue weighted by molar-refractivity contribution is 5.94. The van der Waals surface area contributed by atoms with E-state index in [2.05, 4.69) is 17.6 Å². The highest BCUT2D eigenvalue weighted by Crippen LogP contribution is 2.29. The smallest absolute Gasteiger partial charge is 0.335 e. The topological polar surface area (TPSA) is 95.5 Å². The molecule has 0 bridgehead atoms. The number of nitrogens with one attached hydrogen (secondary N) is 2. The zero-order valence-electron chi connectivity index (χ0n) is 15.3. The van der Waals surface area contributed by atoms with Gasteiger partial charge in [0.1, 0.15) is 5.54 Å². The van der Waals surface area contributed by atoms with Crippen molar-refractivity contribution in [1.82, 2.24) is 10.6 Å². The molecule has 3 N–H and O–H groups in total. The molecule has 0 atom stereocenters. The third-order valence-electron chi connectivity index (χ3n) is 4.94. The van der Waals surface area contributed by atoms with E-state index >= 15 is 0 Å². The molecule has 1 aliphatic carbocycles. The number of hydrogen-bond acceptors (Lipinski definition) is 3. The summed E-state index contributed by atoms with van der Waals surface area (Å²) in [6.45, 7) is 2.67. The van der Waals surface area contributed by atoms with Crippen molar-refractivity contribution >= 4 is 17.8 Å². The lowest BCUT2D eigenvalue weighted by molar-refractivity contribution is -0.134. The molecule has 26 heavy (non-hydrogen) atoms. The Balaban J connectivity index is 2.09. The van der Waals surface area contributed by atoms with Gasteiger partial charge in [-0.15, -0.1) is 0 Å². The number of rotatable bonds is 8. The summed E-state index contributed by atoms with van der Waals surface area (Å²) >= 11 is 0. The summed E-state index contributed by atoms with van der Waals surface area (Å²) in [5, 5.41) is 15.1. The molecule has 142 valence electrons. The number of amides is 2. The Morgan fingerprint density at radius 3 is 2.46 bits per heavy atom. The standard InChI is InChI=1S/C20H28N2O4/c1-2-3-13-21-19(26)20(11-7-4-8-12-20)22-17(23)14-15-9-5-6-10-16(15)18(24)25/h5-6,9-10H,2-4,7-8,11-14H2,1H3,(H,21,26)(H,22,23)(H,24,25). The number of carbonyl (C=O) groups excluding carboxylic acids is 2. The molecule has 0 heterocycles. The van der Waals surface area contributed by atoms with Crippen molar-refractivity contribution in [2.24, 2.45) is 0 Å². The highest BCUT2D eigenvalue weighted by atomic mass is 16.4. The Morgan fingerprint density at radius 2 is 1.81 bits per heavy atom. The fourth-order valence-electron chi connectivity index (χ4n) is 3.48. The number of aromatic carboxylic acids is 1. The molecule has 1 aliphatic rings. The van der Waals surface area contributed by atoms with Gasteiger partial charge in [-0.25, -0.2) is 4.79 Å². The van der Waals surface area contributed by atoms with Crippen LogP contribution in [-0.2, 0) is 16.0 Å². The van der Waals surface area contributed by atoms with Crippen LogP contribution in [0.5, 0.6) is 0 Å². The van der Waals surface area contributed by atoms with E-state index in [0.717, 1.165) is 32.1 Å². The minimum Gasteiger partial charge on any atom is -0.478 e. The molecule has 6 nitrogen and oxygen atoms in total. The molecular weight excluding hydrogens is 332 g/mol. The number of carboxylic acid groups (broad SMARTS) is 1. The molecule has 0 aromatic heterocycles. The van der Waals surface area contributed by atoms with E-state index < -0.39 is 11.5 Å². The Hall–Kier alpha value is -2.37. The van der Waals surface area contributed by atoms with Crippen molar-refractivity contribution in [3.63, 3.8) is 0 Å². The quantitative estimate of drug-likeness (QED) is 0.621. The lowest BCUT2D eigenvalue weighted by Crippen LogP contribution is -2.60. The lowest BCUT2D eigenvalue weighted by Gasteiger charge is -2.36. The van der Waals surface area contributed by atoms with Crippen LogP contribution in [-0.4, -0.2) is 35.0 Å². The van der Waals surface area contributed by atoms with E-state index in [0.29, 0.717) is 24.9 Å². The Morgan fingerprint density at radius 1 is 1.12 bits per heavy atom. The van der Waals surface area contributed by atoms with Crippen molar-refractivity contribution in [1.29, 1.82) is 0 Å². The Labute approximate surface area is 154 Å². The van der Waals surface area contributed by atoms with Crippen molar-refractivity contribution in [3.05, 3.63) is 35.4 Å². The van der Waals surface area contributed by atoms with Crippen LogP contribution < -0.4 is 10.6 Å². The second-order valence-corrected chi connectivity index (χ2v) is 6.94. The fourth-order valence-corrected chi connectivity index (χ4v) is 3.48. The van der Waals surface area contributed by atoms with Crippen LogP contribution in [0.2, 0.25) is 0 Å². The van der Waals surface area contributed by atoms with Gasteiger partial charge in [-0.3, -0.25) is 9.59 Å². The van der Waals surface area contributed by atoms with Crippen LogP contribution in [0.25, 0.3) is 0 Å². The van der Waals surface area contributed by atoms with Crippen LogP contribution >= 0.6 is 0 Å². The van der Waals surface area contributed by atoms with Crippen LogP contribution in [0.3, 0.4) is 0 Å². The van der Waals surface area contributed by atoms with E-state index in [1.165, 1.54) is 6.07 Å². The van der Waals surface area contributed by atoms with Crippen LogP contribution in [0.4, 0.5) is 0 Å². The monoisotopic (exact) mass is 360 g/mol. The molecule has 0 unspecified atom stereocenters. The van der Waals surface area contributed by atoms with Gasteiger partial charge in [0.15, 0.2) is 0 Å². The van der Waals surface area contributed by atoms with Crippen LogP contribution in [0.15, 0.2) is 24.3 Å². The maximum absolute atomic E-state index is 12.7. The average Bonchev–Trinajstić information content (AvgIpc) is 2.62. The molecule has 2 amide bonds. The zero-order chi connectivity index (χ0) is 19.0. The van der Waals surface area contributed by atoms with Gasteiger partial charge < -0.3 is 15.7 Å². The van der Waals surface area contributed by atoms with Crippen molar-refractivity contribution < 1.29 is 19.5 Å². The second-order valence-electron chi connectivity index (χ2n) is 6.94. The van der Waals surface area contributed by atoms with Crippen molar-refractivity contribution in [3.8, 4) is 0 Å². The number of hydrogen-bond donors (Lipinski definition) is 3. The van der Waals surface area contributed by atoms with Gasteiger partial charge in [0.2, 0.25) is 11.8 Å². The van der Waals surface area contributed by atoms with Gasteiger partial charge in [-0.05, 0) is 30.9 Å². The zero-order valence-corrected chi connectivity index (χ0v) is 15.3. The Bertz CT molecular complexity index is 651. The van der Waals surface area contributed by atoms with E-state index in [9.17, 15) is 19.5 Å². The average molecular weight is 360 g/mol. The summed E-state index contributed by atoms with van der Waals surface area (Å²) in [6, 6.07) is 6.47. The molecule has 1 saturated carbocycles. The number of benzene rings is 1. The van der Waals surface area contributed by atoms with Crippen molar-refractivity contribution in [2.75, 3.05) is 6.54 Å². The molecule has 0 saturated heterocycles. The number of carbonyl (C=O) groups is 3. The van der Waals surface area contributed by atoms with Gasteiger partial charge >= 0.3 is 5.97 Å².